The van der Waals surface area contributed by atoms with Crippen molar-refractivity contribution in [3.63, 3.8) is 0 Å². The maximum atomic E-state index is 5.46. The van der Waals surface area contributed by atoms with Crippen LogP contribution in [0, 0.1) is 0 Å². The summed E-state index contributed by atoms with van der Waals surface area (Å²) in [7, 11) is 0. The van der Waals surface area contributed by atoms with Crippen molar-refractivity contribution in [1.82, 2.24) is 19.9 Å². The average Bonchev–Trinajstić information content (AvgIpc) is 3.39. The van der Waals surface area contributed by atoms with E-state index in [2.05, 4.69) is 198 Å². The van der Waals surface area contributed by atoms with Gasteiger partial charge in [-0.05, 0) is 61.5 Å². The van der Waals surface area contributed by atoms with Crippen LogP contribution in [0.1, 0.15) is 5.56 Å². The zero-order valence-corrected chi connectivity index (χ0v) is 41.4. The van der Waals surface area contributed by atoms with Crippen molar-refractivity contribution in [3.05, 3.63) is 242 Å². The van der Waals surface area contributed by atoms with Crippen LogP contribution in [-0.2, 0) is 5.33 Å². The van der Waals surface area contributed by atoms with E-state index in [0.717, 1.165) is 106 Å². The highest BCUT2D eigenvalue weighted by molar-refractivity contribution is 9.08. The molecule has 11 rings (SSSR count). The van der Waals surface area contributed by atoms with E-state index < -0.39 is 0 Å². The van der Waals surface area contributed by atoms with Gasteiger partial charge in [0.15, 0.2) is 0 Å². The molecule has 1 unspecified atom stereocenters. The third kappa shape index (κ3) is 9.68. The summed E-state index contributed by atoms with van der Waals surface area (Å²) in [6.07, 6.45) is 0. The number of rotatable bonds is 8. The molecule has 0 saturated heterocycles. The van der Waals surface area contributed by atoms with Gasteiger partial charge in [0.1, 0.15) is 0 Å². The van der Waals surface area contributed by atoms with E-state index in [0.29, 0.717) is 0 Å². The molecule has 7 heteroatoms. The van der Waals surface area contributed by atoms with Crippen LogP contribution in [0.15, 0.2) is 237 Å². The summed E-state index contributed by atoms with van der Waals surface area (Å²) in [5.74, 6) is 0. The zero-order valence-electron chi connectivity index (χ0n) is 36.3. The van der Waals surface area contributed by atoms with Gasteiger partial charge in [-0.25, -0.2) is 19.9 Å². The first-order valence-corrected chi connectivity index (χ1v) is 22.5. The standard InChI is InChI=1S/C38H26N2.C21H15BrN2.BrH.H3P/c1-6-16-27(17-7-1)32-26-33-38(35(29-20-10-3-11-21-29)34(32)28-18-8-2-9-19-28)40-37(31-24-14-5-15-25-31)36(39-33)30-22-12-4-13-23-30;22-14-15-11-12-18-19(13-15)24-21(17-9-5-2-6-10-17)20(23-18)16-7-3-1-4-8-16;;/h1-26H;1-13H,14H2;1H;1H3. The fourth-order valence-electron chi connectivity index (χ4n) is 8.20. The summed E-state index contributed by atoms with van der Waals surface area (Å²) in [6, 6.07) is 81.5. The van der Waals surface area contributed by atoms with Crippen LogP contribution in [0.2, 0.25) is 0 Å². The largest absolute Gasteiger partial charge is 1.00 e. The Balaban J connectivity index is 0.000000196. The van der Waals surface area contributed by atoms with Gasteiger partial charge in [0, 0.05) is 33.1 Å². The maximum Gasteiger partial charge on any atom is 0.0979 e. The van der Waals surface area contributed by atoms with E-state index in [4.69, 9.17) is 19.9 Å². The van der Waals surface area contributed by atoms with Crippen LogP contribution in [0.3, 0.4) is 0 Å². The second-order valence-electron chi connectivity index (χ2n) is 15.4. The lowest BCUT2D eigenvalue weighted by Gasteiger charge is -2.20. The lowest BCUT2D eigenvalue weighted by molar-refractivity contribution is -0.0000124. The average molecular weight is 1000 g/mol. The van der Waals surface area contributed by atoms with Gasteiger partial charge in [0.25, 0.3) is 0 Å². The summed E-state index contributed by atoms with van der Waals surface area (Å²) < 4.78 is 0. The number of hydrogen-bond donors (Lipinski definition) is 0. The Labute approximate surface area is 408 Å². The predicted octanol–water partition coefficient (Wildman–Crippen LogP) is 12.6. The van der Waals surface area contributed by atoms with Crippen molar-refractivity contribution in [2.45, 2.75) is 5.33 Å². The molecule has 0 radical (unpaired) electrons. The molecule has 0 saturated carbocycles. The second kappa shape index (κ2) is 21.4. The molecule has 320 valence electrons. The van der Waals surface area contributed by atoms with Crippen molar-refractivity contribution in [1.29, 1.82) is 0 Å². The first-order chi connectivity index (χ1) is 31.7. The molecule has 0 N–H and O–H groups in total. The SMILES string of the molecule is BrCc1ccc2nc(-c3ccccc3)c(-c3ccccc3)nc2c1.[Br-].[PH4+].c1ccc(-c2cc3nc(-c4ccccc4)c(-c4ccccc4)nc3c(-c3ccccc3)c2-c2ccccc2)cc1. The number of fused-ring (bicyclic) bond motifs is 2. The number of halogens is 2. The Morgan fingerprint density at radius 3 is 1.05 bits per heavy atom. The van der Waals surface area contributed by atoms with Crippen molar-refractivity contribution in [3.8, 4) is 78.4 Å². The van der Waals surface area contributed by atoms with E-state index in [-0.39, 0.29) is 26.9 Å². The Hall–Kier alpha value is -6.95. The molecule has 0 amide bonds. The minimum atomic E-state index is 0. The number of alkyl halides is 1. The predicted molar refractivity (Wildman–Crippen MR) is 282 cm³/mol. The molecule has 0 bridgehead atoms. The molecule has 2 aromatic heterocycles. The van der Waals surface area contributed by atoms with Gasteiger partial charge in [0.05, 0.1) is 44.8 Å². The third-order valence-corrected chi connectivity index (χ3v) is 11.9. The smallest absolute Gasteiger partial charge is 0.0979 e. The summed E-state index contributed by atoms with van der Waals surface area (Å²) in [5.41, 5.74) is 19.4. The lowest BCUT2D eigenvalue weighted by atomic mass is 9.86. The maximum absolute atomic E-state index is 5.46. The molecule has 11 aromatic rings. The van der Waals surface area contributed by atoms with Crippen LogP contribution in [0.4, 0.5) is 0 Å². The van der Waals surface area contributed by atoms with Gasteiger partial charge < -0.3 is 17.0 Å². The first kappa shape index (κ1) is 45.6. The van der Waals surface area contributed by atoms with Crippen LogP contribution in [0.5, 0.6) is 0 Å². The van der Waals surface area contributed by atoms with Crippen molar-refractivity contribution in [2.75, 3.05) is 0 Å². The molecule has 0 aliphatic rings. The molecule has 1 atom stereocenters. The Morgan fingerprint density at radius 2 is 0.636 bits per heavy atom. The first-order valence-electron chi connectivity index (χ1n) is 21.3. The number of benzene rings is 9. The van der Waals surface area contributed by atoms with E-state index in [1.54, 1.807) is 0 Å². The fraction of sp³-hybridized carbons (Fsp3) is 0.0169. The van der Waals surface area contributed by atoms with Crippen LogP contribution < -0.4 is 17.0 Å². The Morgan fingerprint density at radius 1 is 0.303 bits per heavy atom. The molecule has 0 spiro atoms. The normalized spacial score (nSPS) is 10.6. The minimum Gasteiger partial charge on any atom is -1.00 e. The number of nitrogens with zero attached hydrogens (tertiary/aromatic N) is 4. The minimum absolute atomic E-state index is 0. The highest BCUT2D eigenvalue weighted by Crippen LogP contribution is 2.45. The molecule has 0 fully saturated rings. The van der Waals surface area contributed by atoms with E-state index in [9.17, 15) is 0 Å². The molecule has 2 heterocycles. The number of hydrogen-bond acceptors (Lipinski definition) is 4. The molecule has 4 nitrogen and oxygen atoms in total. The lowest BCUT2D eigenvalue weighted by Crippen LogP contribution is -3.00. The Bertz CT molecular complexity index is 3320. The summed E-state index contributed by atoms with van der Waals surface area (Å²) >= 11 is 3.51. The van der Waals surface area contributed by atoms with E-state index >= 15 is 0 Å². The third-order valence-electron chi connectivity index (χ3n) is 11.2. The van der Waals surface area contributed by atoms with E-state index in [1.807, 2.05) is 54.6 Å². The molecule has 66 heavy (non-hydrogen) atoms. The molecular formula is C59H45Br2N4P. The van der Waals surface area contributed by atoms with Crippen molar-refractivity contribution >= 4 is 47.9 Å². The second-order valence-corrected chi connectivity index (χ2v) is 16.0. The van der Waals surface area contributed by atoms with Crippen LogP contribution >= 0.6 is 25.8 Å². The van der Waals surface area contributed by atoms with Crippen molar-refractivity contribution < 1.29 is 17.0 Å². The van der Waals surface area contributed by atoms with Crippen LogP contribution in [-0.4, -0.2) is 19.9 Å². The van der Waals surface area contributed by atoms with E-state index in [1.165, 1.54) is 5.56 Å². The number of aromatic nitrogens is 4. The van der Waals surface area contributed by atoms with Crippen LogP contribution in [0.25, 0.3) is 100 Å². The molecular weight excluding hydrogens is 955 g/mol. The van der Waals surface area contributed by atoms with Gasteiger partial charge in [-0.2, -0.15) is 0 Å². The molecule has 9 aromatic carbocycles. The van der Waals surface area contributed by atoms with Gasteiger partial charge in [0.2, 0.25) is 0 Å². The van der Waals surface area contributed by atoms with Gasteiger partial charge in [-0.1, -0.05) is 234 Å². The highest BCUT2D eigenvalue weighted by atomic mass is 79.9. The molecule has 0 aliphatic carbocycles. The summed E-state index contributed by atoms with van der Waals surface area (Å²) in [6.45, 7) is 0. The molecule has 0 aliphatic heterocycles. The van der Waals surface area contributed by atoms with Gasteiger partial charge in [-0.3, -0.25) is 0 Å². The summed E-state index contributed by atoms with van der Waals surface area (Å²) in [4.78, 5) is 20.7. The van der Waals surface area contributed by atoms with Gasteiger partial charge >= 0.3 is 0 Å². The monoisotopic (exact) mass is 998 g/mol. The fourth-order valence-corrected chi connectivity index (χ4v) is 8.55. The quantitative estimate of drug-likeness (QED) is 0.112. The topological polar surface area (TPSA) is 51.6 Å². The van der Waals surface area contributed by atoms with Crippen molar-refractivity contribution in [2.24, 2.45) is 0 Å². The van der Waals surface area contributed by atoms with Gasteiger partial charge in [-0.15, -0.1) is 0 Å². The summed E-state index contributed by atoms with van der Waals surface area (Å²) in [5, 5.41) is 0.811. The highest BCUT2D eigenvalue weighted by Gasteiger charge is 2.23. The zero-order chi connectivity index (χ0) is 43.1. The Kier molecular flexibility index (Phi) is 14.8.